The molecule has 1 N–H and O–H groups in total. The lowest BCUT2D eigenvalue weighted by atomic mass is 10.1. The summed E-state index contributed by atoms with van der Waals surface area (Å²) in [6.45, 7) is 2.59. The second-order valence-electron chi connectivity index (χ2n) is 4.67. The van der Waals surface area contributed by atoms with Gasteiger partial charge >= 0.3 is 0 Å². The first-order valence-electron chi connectivity index (χ1n) is 6.72. The molecular formula is C15H22ClNO4. The summed E-state index contributed by atoms with van der Waals surface area (Å²) in [6.07, 6.45) is 0.852. The topological polar surface area (TPSA) is 56.8 Å². The highest BCUT2D eigenvalue weighted by Crippen LogP contribution is 2.39. The lowest BCUT2D eigenvalue weighted by molar-refractivity contribution is 0.0944. The predicted molar refractivity (Wildman–Crippen MR) is 82.9 cm³/mol. The molecule has 1 amide bonds. The van der Waals surface area contributed by atoms with Crippen molar-refractivity contribution < 1.29 is 19.0 Å². The summed E-state index contributed by atoms with van der Waals surface area (Å²) in [4.78, 5) is 12.3. The molecule has 0 bridgehead atoms. The Hall–Kier alpha value is -1.62. The van der Waals surface area contributed by atoms with Gasteiger partial charge in [-0.3, -0.25) is 4.79 Å². The number of rotatable bonds is 8. The summed E-state index contributed by atoms with van der Waals surface area (Å²) in [5, 5.41) is 2.87. The molecule has 6 heteroatoms. The molecule has 0 saturated carbocycles. The van der Waals surface area contributed by atoms with Crippen molar-refractivity contribution in [2.24, 2.45) is 5.92 Å². The number of nitrogens with one attached hydrogen (secondary N) is 1. The SMILES string of the molecule is COc1ccc(C(=O)NCC(C)CCCl)c(OC)c1OC. The minimum atomic E-state index is -0.214. The van der Waals surface area contributed by atoms with E-state index in [0.717, 1.165) is 6.42 Å². The molecule has 0 aliphatic heterocycles. The number of benzene rings is 1. The molecule has 0 fully saturated rings. The van der Waals surface area contributed by atoms with E-state index in [-0.39, 0.29) is 5.91 Å². The maximum atomic E-state index is 12.3. The van der Waals surface area contributed by atoms with Gasteiger partial charge in [0.05, 0.1) is 26.9 Å². The minimum Gasteiger partial charge on any atom is -0.493 e. The van der Waals surface area contributed by atoms with E-state index in [0.29, 0.717) is 41.2 Å². The lowest BCUT2D eigenvalue weighted by Gasteiger charge is -2.16. The van der Waals surface area contributed by atoms with Crippen LogP contribution in [0.4, 0.5) is 0 Å². The molecular weight excluding hydrogens is 294 g/mol. The molecule has 0 radical (unpaired) electrons. The Morgan fingerprint density at radius 1 is 1.19 bits per heavy atom. The van der Waals surface area contributed by atoms with Crippen LogP contribution in [0.25, 0.3) is 0 Å². The molecule has 118 valence electrons. The summed E-state index contributed by atoms with van der Waals surface area (Å²) in [7, 11) is 4.53. The highest BCUT2D eigenvalue weighted by Gasteiger charge is 2.20. The smallest absolute Gasteiger partial charge is 0.255 e. The number of ether oxygens (including phenoxy) is 3. The van der Waals surface area contributed by atoms with Gasteiger partial charge in [0, 0.05) is 12.4 Å². The van der Waals surface area contributed by atoms with Gasteiger partial charge in [-0.1, -0.05) is 6.92 Å². The number of carbonyl (C=O) groups excluding carboxylic acids is 1. The molecule has 0 aliphatic carbocycles. The second kappa shape index (κ2) is 8.62. The normalized spacial score (nSPS) is 11.7. The highest BCUT2D eigenvalue weighted by molar-refractivity contribution is 6.17. The predicted octanol–water partition coefficient (Wildman–Crippen LogP) is 2.71. The number of halogens is 1. The van der Waals surface area contributed by atoms with Gasteiger partial charge in [0.2, 0.25) is 5.75 Å². The summed E-state index contributed by atoms with van der Waals surface area (Å²) in [5.74, 6) is 1.96. The molecule has 0 saturated heterocycles. The van der Waals surface area contributed by atoms with Crippen molar-refractivity contribution in [1.82, 2.24) is 5.32 Å². The minimum absolute atomic E-state index is 0.214. The highest BCUT2D eigenvalue weighted by atomic mass is 35.5. The van der Waals surface area contributed by atoms with Crippen molar-refractivity contribution in [1.29, 1.82) is 0 Å². The van der Waals surface area contributed by atoms with E-state index in [4.69, 9.17) is 25.8 Å². The van der Waals surface area contributed by atoms with E-state index in [2.05, 4.69) is 5.32 Å². The maximum Gasteiger partial charge on any atom is 0.255 e. The Kier molecular flexibility index (Phi) is 7.15. The van der Waals surface area contributed by atoms with Crippen molar-refractivity contribution in [3.05, 3.63) is 17.7 Å². The van der Waals surface area contributed by atoms with Gasteiger partial charge in [-0.05, 0) is 24.5 Å². The van der Waals surface area contributed by atoms with Crippen molar-refractivity contribution >= 4 is 17.5 Å². The average Bonchev–Trinajstić information content (AvgIpc) is 2.51. The molecule has 1 aromatic rings. The number of amides is 1. The number of hydrogen-bond acceptors (Lipinski definition) is 4. The number of alkyl halides is 1. The average molecular weight is 316 g/mol. The van der Waals surface area contributed by atoms with Gasteiger partial charge in [0.25, 0.3) is 5.91 Å². The molecule has 21 heavy (non-hydrogen) atoms. The standard InChI is InChI=1S/C15H22ClNO4/c1-10(7-8-16)9-17-15(18)11-5-6-12(19-2)14(21-4)13(11)20-3/h5-6,10H,7-9H2,1-4H3,(H,17,18). The van der Waals surface area contributed by atoms with Crippen LogP contribution in [0.5, 0.6) is 17.2 Å². The Balaban J connectivity index is 2.94. The fraction of sp³-hybridized carbons (Fsp3) is 0.533. The zero-order chi connectivity index (χ0) is 15.8. The van der Waals surface area contributed by atoms with Crippen LogP contribution in [-0.4, -0.2) is 39.7 Å². The van der Waals surface area contributed by atoms with E-state index in [1.165, 1.54) is 21.3 Å². The van der Waals surface area contributed by atoms with E-state index in [1.807, 2.05) is 6.92 Å². The van der Waals surface area contributed by atoms with Crippen molar-refractivity contribution in [2.75, 3.05) is 33.8 Å². The monoisotopic (exact) mass is 315 g/mol. The van der Waals surface area contributed by atoms with E-state index < -0.39 is 0 Å². The van der Waals surface area contributed by atoms with Gasteiger partial charge in [0.15, 0.2) is 11.5 Å². The van der Waals surface area contributed by atoms with E-state index in [9.17, 15) is 4.79 Å². The van der Waals surface area contributed by atoms with Gasteiger partial charge < -0.3 is 19.5 Å². The summed E-state index contributed by atoms with van der Waals surface area (Å²) >= 11 is 5.69. The molecule has 1 unspecified atom stereocenters. The Morgan fingerprint density at radius 2 is 1.86 bits per heavy atom. The lowest BCUT2D eigenvalue weighted by Crippen LogP contribution is -2.28. The van der Waals surface area contributed by atoms with Crippen LogP contribution in [0.3, 0.4) is 0 Å². The zero-order valence-corrected chi connectivity index (χ0v) is 13.6. The Bertz CT molecular complexity index is 479. The van der Waals surface area contributed by atoms with Crippen molar-refractivity contribution in [3.8, 4) is 17.2 Å². The zero-order valence-electron chi connectivity index (χ0n) is 12.9. The van der Waals surface area contributed by atoms with E-state index >= 15 is 0 Å². The van der Waals surface area contributed by atoms with Crippen molar-refractivity contribution in [2.45, 2.75) is 13.3 Å². The first-order chi connectivity index (χ1) is 10.1. The third-order valence-corrected chi connectivity index (χ3v) is 3.38. The van der Waals surface area contributed by atoms with Gasteiger partial charge in [-0.15, -0.1) is 11.6 Å². The summed E-state index contributed by atoms with van der Waals surface area (Å²) < 4.78 is 15.8. The molecule has 1 rings (SSSR count). The molecule has 0 heterocycles. The number of methoxy groups -OCH3 is 3. The van der Waals surface area contributed by atoms with Crippen LogP contribution < -0.4 is 19.5 Å². The molecule has 0 aromatic heterocycles. The van der Waals surface area contributed by atoms with Crippen LogP contribution in [0.15, 0.2) is 12.1 Å². The van der Waals surface area contributed by atoms with Crippen LogP contribution in [0.2, 0.25) is 0 Å². The number of carbonyl (C=O) groups is 1. The second-order valence-corrected chi connectivity index (χ2v) is 5.05. The van der Waals surface area contributed by atoms with Gasteiger partial charge in [0.1, 0.15) is 0 Å². The number of hydrogen-bond donors (Lipinski definition) is 1. The van der Waals surface area contributed by atoms with Crippen LogP contribution in [0, 0.1) is 5.92 Å². The summed E-state index contributed by atoms with van der Waals surface area (Å²) in [5.41, 5.74) is 0.410. The van der Waals surface area contributed by atoms with E-state index in [1.54, 1.807) is 12.1 Å². The van der Waals surface area contributed by atoms with Gasteiger partial charge in [-0.2, -0.15) is 0 Å². The largest absolute Gasteiger partial charge is 0.493 e. The molecule has 5 nitrogen and oxygen atoms in total. The van der Waals surface area contributed by atoms with Crippen LogP contribution in [-0.2, 0) is 0 Å². The Morgan fingerprint density at radius 3 is 2.38 bits per heavy atom. The quantitative estimate of drug-likeness (QED) is 0.749. The molecule has 0 spiro atoms. The fourth-order valence-electron chi connectivity index (χ4n) is 1.93. The molecule has 1 atom stereocenters. The molecule has 1 aromatic carbocycles. The molecule has 0 aliphatic rings. The first kappa shape index (κ1) is 17.4. The maximum absolute atomic E-state index is 12.3. The van der Waals surface area contributed by atoms with Gasteiger partial charge in [-0.25, -0.2) is 0 Å². The Labute approximate surface area is 130 Å². The third kappa shape index (κ3) is 4.43. The third-order valence-electron chi connectivity index (χ3n) is 3.16. The fourth-order valence-corrected chi connectivity index (χ4v) is 2.30. The summed E-state index contributed by atoms with van der Waals surface area (Å²) in [6, 6.07) is 3.33. The first-order valence-corrected chi connectivity index (χ1v) is 7.25. The van der Waals surface area contributed by atoms with Crippen LogP contribution >= 0.6 is 11.6 Å². The van der Waals surface area contributed by atoms with Crippen molar-refractivity contribution in [3.63, 3.8) is 0 Å². The van der Waals surface area contributed by atoms with Crippen LogP contribution in [0.1, 0.15) is 23.7 Å².